The topological polar surface area (TPSA) is 51.5 Å². The third kappa shape index (κ3) is 2.36. The average Bonchev–Trinajstić information content (AvgIpc) is 2.34. The first-order chi connectivity index (χ1) is 6.56. The van der Waals surface area contributed by atoms with Crippen molar-refractivity contribution in [3.8, 4) is 0 Å². The molecule has 0 aliphatic carbocycles. The molecular formula is C9H12BrNO3. The number of hydrogen-bond donors (Lipinski definition) is 1. The molecule has 0 bridgehead atoms. The maximum absolute atomic E-state index is 10.5. The van der Waals surface area contributed by atoms with Gasteiger partial charge in [-0.3, -0.25) is 4.79 Å². The molecule has 0 aromatic carbocycles. The van der Waals surface area contributed by atoms with Gasteiger partial charge in [-0.05, 0) is 22.0 Å². The Hall–Kier alpha value is -0.810. The van der Waals surface area contributed by atoms with Crippen molar-refractivity contribution in [2.75, 3.05) is 7.11 Å². The van der Waals surface area contributed by atoms with E-state index in [2.05, 4.69) is 15.9 Å². The minimum atomic E-state index is -0.831. The Balaban J connectivity index is 2.96. The van der Waals surface area contributed by atoms with Gasteiger partial charge in [0.1, 0.15) is 0 Å². The maximum Gasteiger partial charge on any atom is 0.309 e. The third-order valence-corrected chi connectivity index (χ3v) is 3.00. The zero-order valence-corrected chi connectivity index (χ0v) is 9.67. The van der Waals surface area contributed by atoms with Crippen LogP contribution in [0.3, 0.4) is 0 Å². The Morgan fingerprint density at radius 2 is 2.36 bits per heavy atom. The third-order valence-electron chi connectivity index (χ3n) is 1.96. The fraction of sp³-hybridized carbons (Fsp3) is 0.444. The van der Waals surface area contributed by atoms with Crippen LogP contribution in [0.15, 0.2) is 10.7 Å². The van der Waals surface area contributed by atoms with Gasteiger partial charge in [0.2, 0.25) is 0 Å². The lowest BCUT2D eigenvalue weighted by atomic mass is 10.3. The number of aromatic nitrogens is 1. The lowest BCUT2D eigenvalue weighted by Gasteiger charge is -2.00. The number of hydrogen-bond acceptors (Lipinski definition) is 2. The van der Waals surface area contributed by atoms with E-state index in [0.29, 0.717) is 6.61 Å². The number of carbonyl (C=O) groups is 1. The van der Waals surface area contributed by atoms with Gasteiger partial charge in [0.25, 0.3) is 0 Å². The molecule has 0 unspecified atom stereocenters. The van der Waals surface area contributed by atoms with Gasteiger partial charge < -0.3 is 14.4 Å². The average molecular weight is 262 g/mol. The summed E-state index contributed by atoms with van der Waals surface area (Å²) < 4.78 is 7.67. The maximum atomic E-state index is 10.5. The molecule has 1 aromatic heterocycles. The Labute approximate surface area is 90.6 Å². The van der Waals surface area contributed by atoms with Crippen molar-refractivity contribution in [2.24, 2.45) is 7.05 Å². The minimum Gasteiger partial charge on any atom is -0.481 e. The van der Waals surface area contributed by atoms with Crippen LogP contribution >= 0.6 is 15.9 Å². The first-order valence-electron chi connectivity index (χ1n) is 4.10. The molecule has 0 fully saturated rings. The van der Waals surface area contributed by atoms with E-state index in [1.54, 1.807) is 7.11 Å². The van der Waals surface area contributed by atoms with E-state index in [0.717, 1.165) is 15.9 Å². The molecule has 0 amide bonds. The van der Waals surface area contributed by atoms with Crippen molar-refractivity contribution in [1.82, 2.24) is 4.57 Å². The zero-order chi connectivity index (χ0) is 10.7. The lowest BCUT2D eigenvalue weighted by molar-refractivity contribution is -0.136. The number of carboxylic acids is 1. The molecule has 0 aliphatic heterocycles. The van der Waals surface area contributed by atoms with E-state index in [1.165, 1.54) is 0 Å². The SMILES string of the molecule is COCc1cc(CC(=O)O)n(C)c1Br. The summed E-state index contributed by atoms with van der Waals surface area (Å²) in [4.78, 5) is 10.5. The van der Waals surface area contributed by atoms with Crippen LogP contribution in [0.25, 0.3) is 0 Å². The van der Waals surface area contributed by atoms with Crippen LogP contribution in [0.2, 0.25) is 0 Å². The summed E-state index contributed by atoms with van der Waals surface area (Å²) in [5.41, 5.74) is 1.72. The number of methoxy groups -OCH3 is 1. The predicted molar refractivity (Wildman–Crippen MR) is 55.2 cm³/mol. The highest BCUT2D eigenvalue weighted by Crippen LogP contribution is 2.22. The molecule has 1 N–H and O–H groups in total. The molecule has 1 heterocycles. The van der Waals surface area contributed by atoms with Crippen LogP contribution in [0.4, 0.5) is 0 Å². The van der Waals surface area contributed by atoms with E-state index in [9.17, 15) is 4.79 Å². The van der Waals surface area contributed by atoms with Gasteiger partial charge in [0.15, 0.2) is 0 Å². The number of ether oxygens (including phenoxy) is 1. The van der Waals surface area contributed by atoms with Crippen LogP contribution in [0.5, 0.6) is 0 Å². The second kappa shape index (κ2) is 4.61. The lowest BCUT2D eigenvalue weighted by Crippen LogP contribution is -2.04. The minimum absolute atomic E-state index is 0.0266. The molecule has 78 valence electrons. The summed E-state index contributed by atoms with van der Waals surface area (Å²) in [5.74, 6) is -0.831. The summed E-state index contributed by atoms with van der Waals surface area (Å²) in [5, 5.41) is 8.66. The summed E-state index contributed by atoms with van der Waals surface area (Å²) in [6, 6.07) is 1.84. The molecule has 0 radical (unpaired) electrons. The second-order valence-corrected chi connectivity index (χ2v) is 3.77. The van der Waals surface area contributed by atoms with Crippen LogP contribution in [0, 0.1) is 0 Å². The summed E-state index contributed by atoms with van der Waals surface area (Å²) in [6.07, 6.45) is 0.0266. The standard InChI is InChI=1S/C9H12BrNO3/c1-11-7(4-8(12)13)3-6(5-14-2)9(11)10/h3H,4-5H2,1-2H3,(H,12,13). The molecule has 0 saturated heterocycles. The van der Waals surface area contributed by atoms with Crippen molar-refractivity contribution in [1.29, 1.82) is 0 Å². The first-order valence-corrected chi connectivity index (χ1v) is 4.89. The van der Waals surface area contributed by atoms with Gasteiger partial charge >= 0.3 is 5.97 Å². The molecular weight excluding hydrogens is 250 g/mol. The predicted octanol–water partition coefficient (Wildman–Crippen LogP) is 1.56. The Morgan fingerprint density at radius 1 is 1.71 bits per heavy atom. The monoisotopic (exact) mass is 261 g/mol. The van der Waals surface area contributed by atoms with E-state index in [4.69, 9.17) is 9.84 Å². The fourth-order valence-electron chi connectivity index (χ4n) is 1.28. The van der Waals surface area contributed by atoms with Crippen LogP contribution < -0.4 is 0 Å². The first kappa shape index (κ1) is 11.3. The Kier molecular flexibility index (Phi) is 3.71. The van der Waals surface area contributed by atoms with Gasteiger partial charge in [-0.15, -0.1) is 0 Å². The van der Waals surface area contributed by atoms with E-state index in [1.807, 2.05) is 17.7 Å². The normalized spacial score (nSPS) is 10.5. The van der Waals surface area contributed by atoms with Crippen molar-refractivity contribution in [3.63, 3.8) is 0 Å². The molecule has 0 spiro atoms. The van der Waals surface area contributed by atoms with Gasteiger partial charge in [-0.25, -0.2) is 0 Å². The van der Waals surface area contributed by atoms with E-state index < -0.39 is 5.97 Å². The molecule has 0 aliphatic rings. The second-order valence-electron chi connectivity index (χ2n) is 3.01. The highest BCUT2D eigenvalue weighted by atomic mass is 79.9. The van der Waals surface area contributed by atoms with E-state index in [-0.39, 0.29) is 6.42 Å². The molecule has 0 saturated carbocycles. The zero-order valence-electron chi connectivity index (χ0n) is 8.08. The van der Waals surface area contributed by atoms with Crippen molar-refractivity contribution >= 4 is 21.9 Å². The number of aliphatic carboxylic acids is 1. The van der Waals surface area contributed by atoms with Gasteiger partial charge in [-0.1, -0.05) is 0 Å². The highest BCUT2D eigenvalue weighted by Gasteiger charge is 2.12. The van der Waals surface area contributed by atoms with Crippen LogP contribution in [-0.4, -0.2) is 22.8 Å². The molecule has 4 nitrogen and oxygen atoms in total. The van der Waals surface area contributed by atoms with Crippen molar-refractivity contribution < 1.29 is 14.6 Å². The van der Waals surface area contributed by atoms with Gasteiger partial charge in [0.05, 0.1) is 17.6 Å². The Bertz CT molecular complexity index is 346. The summed E-state index contributed by atoms with van der Waals surface area (Å²) in [7, 11) is 3.43. The quantitative estimate of drug-likeness (QED) is 0.895. The number of rotatable bonds is 4. The fourth-order valence-corrected chi connectivity index (χ4v) is 1.74. The highest BCUT2D eigenvalue weighted by molar-refractivity contribution is 9.10. The van der Waals surface area contributed by atoms with Crippen LogP contribution in [-0.2, 0) is 29.6 Å². The van der Waals surface area contributed by atoms with Crippen molar-refractivity contribution in [2.45, 2.75) is 13.0 Å². The molecule has 5 heteroatoms. The summed E-state index contributed by atoms with van der Waals surface area (Å²) >= 11 is 3.38. The summed E-state index contributed by atoms with van der Waals surface area (Å²) in [6.45, 7) is 0.480. The molecule has 14 heavy (non-hydrogen) atoms. The van der Waals surface area contributed by atoms with Gasteiger partial charge in [0, 0.05) is 25.4 Å². The molecule has 1 aromatic rings. The smallest absolute Gasteiger partial charge is 0.309 e. The molecule has 1 rings (SSSR count). The molecule has 0 atom stereocenters. The number of carboxylic acid groups (broad SMARTS) is 1. The number of nitrogens with zero attached hydrogens (tertiary/aromatic N) is 1. The van der Waals surface area contributed by atoms with E-state index >= 15 is 0 Å². The van der Waals surface area contributed by atoms with Crippen LogP contribution in [0.1, 0.15) is 11.3 Å². The van der Waals surface area contributed by atoms with Crippen molar-refractivity contribution in [3.05, 3.63) is 21.9 Å². The van der Waals surface area contributed by atoms with Gasteiger partial charge in [-0.2, -0.15) is 0 Å². The number of halogens is 1. The largest absolute Gasteiger partial charge is 0.481 e. The Morgan fingerprint density at radius 3 is 2.86 bits per heavy atom.